The third-order valence-corrected chi connectivity index (χ3v) is 3.24. The largest absolute Gasteiger partial charge is 0.467 e. The molecule has 0 aromatic heterocycles. The number of carbonyl (C=O) groups is 3. The normalized spacial score (nSPS) is 10.0. The third kappa shape index (κ3) is 3.99. The van der Waals surface area contributed by atoms with Gasteiger partial charge in [-0.05, 0) is 30.5 Å². The molecule has 0 heterocycles. The summed E-state index contributed by atoms with van der Waals surface area (Å²) < 4.78 is 8.90. The van der Waals surface area contributed by atoms with Gasteiger partial charge in [0.1, 0.15) is 0 Å². The van der Waals surface area contributed by atoms with Crippen molar-refractivity contribution in [3.8, 4) is 0 Å². The van der Waals surface area contributed by atoms with Crippen LogP contribution in [0, 0.1) is 0 Å². The van der Waals surface area contributed by atoms with E-state index in [4.69, 9.17) is 0 Å². The van der Waals surface area contributed by atoms with Crippen LogP contribution in [0.4, 0.5) is 0 Å². The molecule has 0 bridgehead atoms. The van der Waals surface area contributed by atoms with Gasteiger partial charge in [-0.3, -0.25) is 4.79 Å². The Morgan fingerprint density at radius 3 is 1.95 bits per heavy atom. The zero-order valence-corrected chi connectivity index (χ0v) is 12.2. The molecular weight excluding hydrogens is 282 g/mol. The van der Waals surface area contributed by atoms with E-state index in [-0.39, 0.29) is 0 Å². The van der Waals surface area contributed by atoms with Crippen LogP contribution >= 0.6 is 11.8 Å². The van der Waals surface area contributed by atoms with Gasteiger partial charge in [0.25, 0.3) is 5.91 Å². The molecule has 0 atom stereocenters. The van der Waals surface area contributed by atoms with Gasteiger partial charge < -0.3 is 14.8 Å². The van der Waals surface area contributed by atoms with Crippen LogP contribution in [-0.4, -0.2) is 44.4 Å². The fourth-order valence-corrected chi connectivity index (χ4v) is 1.81. The molecule has 20 heavy (non-hydrogen) atoms. The Balaban J connectivity index is 2.84. The summed E-state index contributed by atoms with van der Waals surface area (Å²) >= 11 is 1.54. The molecule has 1 rings (SSSR count). The number of thioether (sulfide) groups is 1. The highest BCUT2D eigenvalue weighted by molar-refractivity contribution is 7.98. The van der Waals surface area contributed by atoms with Crippen LogP contribution < -0.4 is 5.32 Å². The molecule has 0 saturated carbocycles. The maximum absolute atomic E-state index is 12.0. The van der Waals surface area contributed by atoms with E-state index in [1.54, 1.807) is 36.0 Å². The van der Waals surface area contributed by atoms with Gasteiger partial charge in [0.2, 0.25) is 6.04 Å². The lowest BCUT2D eigenvalue weighted by Gasteiger charge is -2.14. The van der Waals surface area contributed by atoms with E-state index < -0.39 is 23.9 Å². The number of esters is 2. The molecule has 0 aliphatic rings. The van der Waals surface area contributed by atoms with Crippen LogP contribution in [-0.2, 0) is 19.1 Å². The second-order valence-electron chi connectivity index (χ2n) is 3.68. The smallest absolute Gasteiger partial charge is 0.340 e. The predicted molar refractivity (Wildman–Crippen MR) is 73.5 cm³/mol. The van der Waals surface area contributed by atoms with Crippen molar-refractivity contribution in [3.05, 3.63) is 29.8 Å². The highest BCUT2D eigenvalue weighted by Crippen LogP contribution is 2.14. The number of hydrogen-bond acceptors (Lipinski definition) is 6. The molecule has 0 radical (unpaired) electrons. The van der Waals surface area contributed by atoms with E-state index >= 15 is 0 Å². The van der Waals surface area contributed by atoms with Gasteiger partial charge in [0.05, 0.1) is 14.2 Å². The molecule has 1 aromatic rings. The van der Waals surface area contributed by atoms with Crippen molar-refractivity contribution in [1.82, 2.24) is 5.32 Å². The quantitative estimate of drug-likeness (QED) is 0.493. The summed E-state index contributed by atoms with van der Waals surface area (Å²) in [6.45, 7) is 0. The molecule has 0 spiro atoms. The first-order valence-corrected chi connectivity index (χ1v) is 6.86. The highest BCUT2D eigenvalue weighted by atomic mass is 32.2. The third-order valence-electron chi connectivity index (χ3n) is 2.50. The Morgan fingerprint density at radius 1 is 1.05 bits per heavy atom. The topological polar surface area (TPSA) is 81.7 Å². The van der Waals surface area contributed by atoms with E-state index in [9.17, 15) is 14.4 Å². The molecule has 7 heteroatoms. The van der Waals surface area contributed by atoms with Gasteiger partial charge in [-0.25, -0.2) is 9.59 Å². The number of ether oxygens (including phenoxy) is 2. The van der Waals surface area contributed by atoms with Gasteiger partial charge in [-0.1, -0.05) is 0 Å². The van der Waals surface area contributed by atoms with E-state index in [1.165, 1.54) is 0 Å². The molecule has 0 saturated heterocycles. The molecule has 1 N–H and O–H groups in total. The summed E-state index contributed by atoms with van der Waals surface area (Å²) in [5.74, 6) is -2.32. The first-order valence-electron chi connectivity index (χ1n) is 5.64. The molecule has 0 fully saturated rings. The van der Waals surface area contributed by atoms with Crippen LogP contribution in [0.15, 0.2) is 29.2 Å². The van der Waals surface area contributed by atoms with E-state index in [1.807, 2.05) is 6.26 Å². The summed E-state index contributed by atoms with van der Waals surface area (Å²) in [7, 11) is 2.25. The van der Waals surface area contributed by atoms with Gasteiger partial charge in [-0.15, -0.1) is 11.8 Å². The van der Waals surface area contributed by atoms with Crippen LogP contribution in [0.1, 0.15) is 10.4 Å². The lowest BCUT2D eigenvalue weighted by molar-refractivity contribution is -0.154. The monoisotopic (exact) mass is 297 g/mol. The minimum Gasteiger partial charge on any atom is -0.467 e. The second-order valence-corrected chi connectivity index (χ2v) is 4.56. The van der Waals surface area contributed by atoms with E-state index in [2.05, 4.69) is 14.8 Å². The first kappa shape index (κ1) is 16.0. The Morgan fingerprint density at radius 2 is 1.55 bits per heavy atom. The molecule has 1 aromatic carbocycles. The summed E-state index contributed by atoms with van der Waals surface area (Å²) in [5, 5.41) is 2.28. The summed E-state index contributed by atoms with van der Waals surface area (Å²) in [6.07, 6.45) is 1.92. The number of rotatable bonds is 5. The number of nitrogens with one attached hydrogen (secondary N) is 1. The Kier molecular flexibility index (Phi) is 6.05. The zero-order chi connectivity index (χ0) is 15.1. The summed E-state index contributed by atoms with van der Waals surface area (Å²) in [5.41, 5.74) is 0.334. The molecule has 0 aliphatic heterocycles. The lowest BCUT2D eigenvalue weighted by Crippen LogP contribution is -2.47. The molecule has 0 aliphatic carbocycles. The summed E-state index contributed by atoms with van der Waals surface area (Å²) in [4.78, 5) is 35.8. The predicted octanol–water partition coefficient (Wildman–Crippen LogP) is 0.853. The van der Waals surface area contributed by atoms with Gasteiger partial charge in [0, 0.05) is 10.5 Å². The average molecular weight is 297 g/mol. The lowest BCUT2D eigenvalue weighted by atomic mass is 10.2. The number of benzene rings is 1. The minimum absolute atomic E-state index is 0.334. The van der Waals surface area contributed by atoms with Gasteiger partial charge >= 0.3 is 11.9 Å². The fraction of sp³-hybridized carbons (Fsp3) is 0.308. The Bertz CT molecular complexity index is 484. The maximum atomic E-state index is 12.0. The van der Waals surface area contributed by atoms with Gasteiger partial charge in [-0.2, -0.15) is 0 Å². The van der Waals surface area contributed by atoms with Crippen molar-refractivity contribution in [2.45, 2.75) is 10.9 Å². The molecule has 108 valence electrons. The number of amides is 1. The first-order chi connectivity index (χ1) is 9.53. The molecule has 1 amide bonds. The van der Waals surface area contributed by atoms with Crippen LogP contribution in [0.5, 0.6) is 0 Å². The SMILES string of the molecule is COC(=O)C(NC(=O)c1ccc(SC)cc1)C(=O)OC. The van der Waals surface area contributed by atoms with Gasteiger partial charge in [0.15, 0.2) is 0 Å². The van der Waals surface area contributed by atoms with Crippen molar-refractivity contribution in [2.75, 3.05) is 20.5 Å². The zero-order valence-electron chi connectivity index (χ0n) is 11.3. The van der Waals surface area contributed by atoms with Crippen molar-refractivity contribution in [1.29, 1.82) is 0 Å². The highest BCUT2D eigenvalue weighted by Gasteiger charge is 2.30. The fourth-order valence-electron chi connectivity index (χ4n) is 1.41. The van der Waals surface area contributed by atoms with E-state index in [0.29, 0.717) is 5.56 Å². The van der Waals surface area contributed by atoms with Crippen LogP contribution in [0.3, 0.4) is 0 Å². The molecule has 0 unspecified atom stereocenters. The van der Waals surface area contributed by atoms with Crippen LogP contribution in [0.25, 0.3) is 0 Å². The Labute approximate surface area is 120 Å². The average Bonchev–Trinajstić information content (AvgIpc) is 2.50. The summed E-state index contributed by atoms with van der Waals surface area (Å²) in [6, 6.07) is 5.27. The maximum Gasteiger partial charge on any atom is 0.340 e. The number of carbonyl (C=O) groups excluding carboxylic acids is 3. The van der Waals surface area contributed by atoms with E-state index in [0.717, 1.165) is 19.1 Å². The standard InChI is InChI=1S/C13H15NO5S/c1-18-12(16)10(13(17)19-2)14-11(15)8-4-6-9(20-3)7-5-8/h4-7,10H,1-3H3,(H,14,15). The Hall–Kier alpha value is -2.02. The van der Waals surface area contributed by atoms with Crippen LogP contribution in [0.2, 0.25) is 0 Å². The minimum atomic E-state index is -1.47. The number of hydrogen-bond donors (Lipinski definition) is 1. The van der Waals surface area contributed by atoms with Crippen molar-refractivity contribution >= 4 is 29.6 Å². The molecule has 6 nitrogen and oxygen atoms in total. The van der Waals surface area contributed by atoms with Crippen molar-refractivity contribution in [2.24, 2.45) is 0 Å². The van der Waals surface area contributed by atoms with Crippen molar-refractivity contribution < 1.29 is 23.9 Å². The number of methoxy groups -OCH3 is 2. The molecular formula is C13H15NO5S. The van der Waals surface area contributed by atoms with Crippen molar-refractivity contribution in [3.63, 3.8) is 0 Å². The second kappa shape index (κ2) is 7.54.